The molecule has 3 aromatic heterocycles. The summed E-state index contributed by atoms with van der Waals surface area (Å²) in [5.74, 6) is 0.709. The topological polar surface area (TPSA) is 67.2 Å². The Hall–Kier alpha value is -2.97. The van der Waals surface area contributed by atoms with E-state index in [4.69, 9.17) is 16.6 Å². The van der Waals surface area contributed by atoms with Crippen molar-refractivity contribution >= 4 is 44.2 Å². The second-order valence-electron chi connectivity index (χ2n) is 7.13. The maximum Gasteiger partial charge on any atom is 0.257 e. The van der Waals surface area contributed by atoms with E-state index in [-0.39, 0.29) is 5.91 Å². The minimum Gasteiger partial charge on any atom is -0.345 e. The Balaban J connectivity index is 1.29. The normalized spacial score (nSPS) is 14.5. The molecule has 1 fully saturated rings. The van der Waals surface area contributed by atoms with Crippen LogP contribution in [0.4, 0.5) is 5.13 Å². The minimum atomic E-state index is 0.00501. The second kappa shape index (κ2) is 7.70. The molecule has 0 spiro atoms. The van der Waals surface area contributed by atoms with Gasteiger partial charge < -0.3 is 9.80 Å². The molecule has 0 N–H and O–H groups in total. The first-order valence-electron chi connectivity index (χ1n) is 9.66. The fraction of sp³-hybridized carbons (Fsp3) is 0.238. The van der Waals surface area contributed by atoms with E-state index in [1.165, 1.54) is 0 Å². The summed E-state index contributed by atoms with van der Waals surface area (Å²) in [6, 6.07) is 11.4. The lowest BCUT2D eigenvalue weighted by atomic mass is 10.2. The number of anilines is 1. The van der Waals surface area contributed by atoms with E-state index < -0.39 is 0 Å². The molecule has 1 amide bonds. The number of nitrogens with zero attached hydrogens (tertiary/aromatic N) is 6. The number of halogens is 1. The molecule has 4 heterocycles. The lowest BCUT2D eigenvalue weighted by Crippen LogP contribution is -2.48. The van der Waals surface area contributed by atoms with Gasteiger partial charge in [0, 0.05) is 37.4 Å². The molecule has 1 aromatic carbocycles. The Labute approximate surface area is 182 Å². The van der Waals surface area contributed by atoms with Crippen LogP contribution < -0.4 is 4.90 Å². The summed E-state index contributed by atoms with van der Waals surface area (Å²) in [5.41, 5.74) is 2.36. The van der Waals surface area contributed by atoms with Crippen molar-refractivity contribution in [3.05, 3.63) is 65.1 Å². The highest BCUT2D eigenvalue weighted by molar-refractivity contribution is 7.22. The van der Waals surface area contributed by atoms with Gasteiger partial charge in [0.05, 0.1) is 27.7 Å². The van der Waals surface area contributed by atoms with Crippen LogP contribution in [0.1, 0.15) is 16.1 Å². The van der Waals surface area contributed by atoms with Gasteiger partial charge in [-0.05, 0) is 37.3 Å². The van der Waals surface area contributed by atoms with Crippen molar-refractivity contribution in [2.75, 3.05) is 31.1 Å². The van der Waals surface area contributed by atoms with Crippen LogP contribution in [-0.2, 0) is 0 Å². The number of piperazine rings is 1. The largest absolute Gasteiger partial charge is 0.345 e. The summed E-state index contributed by atoms with van der Waals surface area (Å²) < 4.78 is 2.78. The molecule has 0 aliphatic carbocycles. The van der Waals surface area contributed by atoms with Gasteiger partial charge in [0.1, 0.15) is 0 Å². The Morgan fingerprint density at radius 3 is 2.73 bits per heavy atom. The van der Waals surface area contributed by atoms with Gasteiger partial charge in [-0.1, -0.05) is 29.0 Å². The molecule has 0 atom stereocenters. The minimum absolute atomic E-state index is 0.00501. The monoisotopic (exact) mass is 438 g/mol. The fourth-order valence-electron chi connectivity index (χ4n) is 3.62. The smallest absolute Gasteiger partial charge is 0.257 e. The van der Waals surface area contributed by atoms with Crippen LogP contribution in [-0.4, -0.2) is 56.7 Å². The number of hydrogen-bond donors (Lipinski definition) is 0. The number of amides is 1. The molecule has 7 nitrogen and oxygen atoms in total. The summed E-state index contributed by atoms with van der Waals surface area (Å²) >= 11 is 7.72. The lowest BCUT2D eigenvalue weighted by Gasteiger charge is -2.34. The SMILES string of the molecule is Cc1c(C(=O)N2CCN(c3nc4ccc(Cl)cc4s3)CC2)cnn1-c1ccccn1. The van der Waals surface area contributed by atoms with Crippen molar-refractivity contribution in [1.82, 2.24) is 24.6 Å². The van der Waals surface area contributed by atoms with Gasteiger partial charge in [-0.2, -0.15) is 5.10 Å². The molecule has 0 saturated carbocycles. The third-order valence-corrected chi connectivity index (χ3v) is 6.60. The van der Waals surface area contributed by atoms with Gasteiger partial charge in [-0.3, -0.25) is 4.79 Å². The number of aromatic nitrogens is 4. The Morgan fingerprint density at radius 2 is 1.97 bits per heavy atom. The molecule has 152 valence electrons. The van der Waals surface area contributed by atoms with Crippen molar-refractivity contribution in [1.29, 1.82) is 0 Å². The van der Waals surface area contributed by atoms with E-state index in [0.717, 1.165) is 39.2 Å². The predicted molar refractivity (Wildman–Crippen MR) is 119 cm³/mol. The molecule has 0 radical (unpaired) electrons. The highest BCUT2D eigenvalue weighted by Crippen LogP contribution is 2.31. The maximum absolute atomic E-state index is 13.1. The Morgan fingerprint density at radius 1 is 1.13 bits per heavy atom. The molecule has 1 aliphatic rings. The number of hydrogen-bond acceptors (Lipinski definition) is 6. The van der Waals surface area contributed by atoms with Gasteiger partial charge in [-0.15, -0.1) is 0 Å². The van der Waals surface area contributed by atoms with Crippen LogP contribution in [0.2, 0.25) is 5.02 Å². The average molecular weight is 439 g/mol. The summed E-state index contributed by atoms with van der Waals surface area (Å²) in [5, 5.41) is 6.06. The van der Waals surface area contributed by atoms with Gasteiger partial charge in [0.2, 0.25) is 0 Å². The van der Waals surface area contributed by atoms with Crippen molar-refractivity contribution in [3.63, 3.8) is 0 Å². The molecule has 0 bridgehead atoms. The van der Waals surface area contributed by atoms with Crippen LogP contribution in [0.3, 0.4) is 0 Å². The van der Waals surface area contributed by atoms with E-state index in [2.05, 4.69) is 15.0 Å². The van der Waals surface area contributed by atoms with Crippen LogP contribution in [0.25, 0.3) is 16.0 Å². The molecule has 4 aromatic rings. The zero-order valence-corrected chi connectivity index (χ0v) is 17.9. The predicted octanol–water partition coefficient (Wildman–Crippen LogP) is 3.80. The first-order valence-corrected chi connectivity index (χ1v) is 10.9. The number of carbonyl (C=O) groups excluding carboxylic acids is 1. The van der Waals surface area contributed by atoms with Gasteiger partial charge in [0.25, 0.3) is 5.91 Å². The molecule has 30 heavy (non-hydrogen) atoms. The number of fused-ring (bicyclic) bond motifs is 1. The first kappa shape index (κ1) is 19.0. The summed E-state index contributed by atoms with van der Waals surface area (Å²) in [6.45, 7) is 4.67. The molecular formula is C21H19ClN6OS. The molecule has 1 saturated heterocycles. The third kappa shape index (κ3) is 3.42. The maximum atomic E-state index is 13.1. The van der Waals surface area contributed by atoms with Crippen molar-refractivity contribution in [2.24, 2.45) is 0 Å². The zero-order valence-electron chi connectivity index (χ0n) is 16.3. The third-order valence-electron chi connectivity index (χ3n) is 5.28. The first-order chi connectivity index (χ1) is 14.6. The molecular weight excluding hydrogens is 420 g/mol. The van der Waals surface area contributed by atoms with E-state index in [1.54, 1.807) is 28.4 Å². The van der Waals surface area contributed by atoms with Gasteiger partial charge in [-0.25, -0.2) is 14.6 Å². The Kier molecular flexibility index (Phi) is 4.88. The average Bonchev–Trinajstić information content (AvgIpc) is 3.37. The van der Waals surface area contributed by atoms with Crippen molar-refractivity contribution in [3.8, 4) is 5.82 Å². The lowest BCUT2D eigenvalue weighted by molar-refractivity contribution is 0.0746. The van der Waals surface area contributed by atoms with E-state index >= 15 is 0 Å². The molecule has 5 rings (SSSR count). The van der Waals surface area contributed by atoms with E-state index in [9.17, 15) is 4.79 Å². The second-order valence-corrected chi connectivity index (χ2v) is 8.58. The van der Waals surface area contributed by atoms with Crippen molar-refractivity contribution < 1.29 is 4.79 Å². The standard InChI is InChI=1S/C21H19ClN6OS/c1-14-16(13-24-28(14)19-4-2-3-7-23-19)20(29)26-8-10-27(11-9-26)21-25-17-6-5-15(22)12-18(17)30-21/h2-7,12-13H,8-11H2,1H3. The van der Waals surface area contributed by atoms with Crippen molar-refractivity contribution in [2.45, 2.75) is 6.92 Å². The number of thiazole rings is 1. The van der Waals surface area contributed by atoms with Crippen LogP contribution in [0.15, 0.2) is 48.8 Å². The van der Waals surface area contributed by atoms with Crippen LogP contribution >= 0.6 is 22.9 Å². The number of benzene rings is 1. The number of carbonyl (C=O) groups is 1. The summed E-state index contributed by atoms with van der Waals surface area (Å²) in [6.07, 6.45) is 3.35. The highest BCUT2D eigenvalue weighted by atomic mass is 35.5. The number of rotatable bonds is 3. The highest BCUT2D eigenvalue weighted by Gasteiger charge is 2.26. The zero-order chi connectivity index (χ0) is 20.7. The molecule has 0 unspecified atom stereocenters. The summed E-state index contributed by atoms with van der Waals surface area (Å²) in [4.78, 5) is 26.2. The van der Waals surface area contributed by atoms with E-state index in [1.807, 2.05) is 48.2 Å². The summed E-state index contributed by atoms with van der Waals surface area (Å²) in [7, 11) is 0. The van der Waals surface area contributed by atoms with Crippen LogP contribution in [0, 0.1) is 6.92 Å². The molecule has 9 heteroatoms. The van der Waals surface area contributed by atoms with E-state index in [0.29, 0.717) is 24.5 Å². The molecule has 1 aliphatic heterocycles. The fourth-order valence-corrected chi connectivity index (χ4v) is 4.92. The van der Waals surface area contributed by atoms with Crippen LogP contribution in [0.5, 0.6) is 0 Å². The Bertz CT molecular complexity index is 1210. The number of pyridine rings is 1. The quantitative estimate of drug-likeness (QED) is 0.486. The van der Waals surface area contributed by atoms with Gasteiger partial charge >= 0.3 is 0 Å². The van der Waals surface area contributed by atoms with Gasteiger partial charge in [0.15, 0.2) is 10.9 Å².